The van der Waals surface area contributed by atoms with Gasteiger partial charge in [-0.2, -0.15) is 0 Å². The molecule has 27 heavy (non-hydrogen) atoms. The average Bonchev–Trinajstić information content (AvgIpc) is 2.75. The van der Waals surface area contributed by atoms with Gasteiger partial charge in [-0.15, -0.1) is 0 Å². The largest absolute Gasteiger partial charge is 0.497 e. The monoisotopic (exact) mass is 369 g/mol. The van der Waals surface area contributed by atoms with Gasteiger partial charge in [-0.3, -0.25) is 9.88 Å². The molecule has 6 nitrogen and oxygen atoms in total. The quantitative estimate of drug-likeness (QED) is 0.802. The molecule has 2 saturated heterocycles. The van der Waals surface area contributed by atoms with Gasteiger partial charge in [0.05, 0.1) is 7.11 Å². The zero-order chi connectivity index (χ0) is 18.5. The van der Waals surface area contributed by atoms with Crippen LogP contribution in [0.5, 0.6) is 17.4 Å². The second-order valence-electron chi connectivity index (χ2n) is 7.20. The first-order chi connectivity index (χ1) is 13.3. The molecule has 1 atom stereocenters. The van der Waals surface area contributed by atoms with Gasteiger partial charge < -0.3 is 14.2 Å². The van der Waals surface area contributed by atoms with Gasteiger partial charge >= 0.3 is 0 Å². The lowest BCUT2D eigenvalue weighted by Crippen LogP contribution is -2.44. The standard InChI is InChI=1S/C21H27N3O3/c1-25-18-4-6-19(7-5-18)27-21-20(22-10-11-23-21)16-3-2-12-24(15-16)17-8-13-26-14-9-17/h4-7,10-11,16-17H,2-3,8-9,12-15H2,1H3/t16-/m1/s1. The van der Waals surface area contributed by atoms with Gasteiger partial charge in [0.1, 0.15) is 17.2 Å². The van der Waals surface area contributed by atoms with Crippen molar-refractivity contribution in [1.29, 1.82) is 0 Å². The minimum atomic E-state index is 0.351. The molecule has 0 radical (unpaired) electrons. The minimum absolute atomic E-state index is 0.351. The van der Waals surface area contributed by atoms with Crippen molar-refractivity contribution in [3.63, 3.8) is 0 Å². The summed E-state index contributed by atoms with van der Waals surface area (Å²) in [5, 5.41) is 0. The molecule has 1 aromatic heterocycles. The van der Waals surface area contributed by atoms with Crippen LogP contribution in [0.1, 0.15) is 37.3 Å². The van der Waals surface area contributed by atoms with E-state index in [2.05, 4.69) is 14.9 Å². The first-order valence-corrected chi connectivity index (χ1v) is 9.78. The first kappa shape index (κ1) is 18.2. The fourth-order valence-corrected chi connectivity index (χ4v) is 4.06. The summed E-state index contributed by atoms with van der Waals surface area (Å²) in [5.74, 6) is 2.51. The number of benzene rings is 1. The number of hydrogen-bond acceptors (Lipinski definition) is 6. The lowest BCUT2D eigenvalue weighted by atomic mass is 9.92. The molecular weight excluding hydrogens is 342 g/mol. The number of rotatable bonds is 5. The van der Waals surface area contributed by atoms with Gasteiger partial charge in [-0.25, -0.2) is 4.98 Å². The lowest BCUT2D eigenvalue weighted by Gasteiger charge is -2.39. The van der Waals surface area contributed by atoms with Crippen LogP contribution in [-0.4, -0.2) is 54.3 Å². The molecule has 0 aliphatic carbocycles. The molecule has 4 rings (SSSR count). The maximum absolute atomic E-state index is 6.08. The van der Waals surface area contributed by atoms with Gasteiger partial charge in [0, 0.05) is 44.1 Å². The fraction of sp³-hybridized carbons (Fsp3) is 0.524. The number of ether oxygens (including phenoxy) is 3. The summed E-state index contributed by atoms with van der Waals surface area (Å²) in [4.78, 5) is 11.7. The fourth-order valence-electron chi connectivity index (χ4n) is 4.06. The van der Waals surface area contributed by atoms with Crippen LogP contribution in [0.2, 0.25) is 0 Å². The van der Waals surface area contributed by atoms with Crippen molar-refractivity contribution in [2.75, 3.05) is 33.4 Å². The summed E-state index contributed by atoms with van der Waals surface area (Å²) in [6.07, 6.45) is 8.02. The van der Waals surface area contributed by atoms with Gasteiger partial charge in [-0.1, -0.05) is 0 Å². The third kappa shape index (κ3) is 4.39. The Morgan fingerprint density at radius 3 is 2.52 bits per heavy atom. The van der Waals surface area contributed by atoms with E-state index in [0.717, 1.165) is 62.8 Å². The Morgan fingerprint density at radius 1 is 1.00 bits per heavy atom. The van der Waals surface area contributed by atoms with E-state index in [1.54, 1.807) is 19.5 Å². The highest BCUT2D eigenvalue weighted by molar-refractivity contribution is 5.35. The first-order valence-electron chi connectivity index (χ1n) is 9.78. The molecule has 2 aromatic rings. The van der Waals surface area contributed by atoms with Gasteiger partial charge in [-0.05, 0) is 56.5 Å². The van der Waals surface area contributed by atoms with Crippen molar-refractivity contribution < 1.29 is 14.2 Å². The Bertz CT molecular complexity index is 732. The van der Waals surface area contributed by atoms with Crippen LogP contribution in [0.3, 0.4) is 0 Å². The van der Waals surface area contributed by atoms with Crippen molar-refractivity contribution in [3.05, 3.63) is 42.4 Å². The third-order valence-corrected chi connectivity index (χ3v) is 5.51. The highest BCUT2D eigenvalue weighted by Gasteiger charge is 2.30. The number of methoxy groups -OCH3 is 1. The zero-order valence-electron chi connectivity index (χ0n) is 15.8. The molecule has 6 heteroatoms. The smallest absolute Gasteiger partial charge is 0.241 e. The summed E-state index contributed by atoms with van der Waals surface area (Å²) < 4.78 is 16.8. The van der Waals surface area contributed by atoms with Crippen LogP contribution < -0.4 is 9.47 Å². The highest BCUT2D eigenvalue weighted by Crippen LogP contribution is 2.34. The Morgan fingerprint density at radius 2 is 1.74 bits per heavy atom. The van der Waals surface area contributed by atoms with Crippen molar-refractivity contribution in [2.24, 2.45) is 0 Å². The van der Waals surface area contributed by atoms with Crippen LogP contribution in [-0.2, 0) is 4.74 Å². The molecule has 2 aliphatic rings. The molecule has 0 unspecified atom stereocenters. The molecule has 1 aromatic carbocycles. The molecule has 2 aliphatic heterocycles. The van der Waals surface area contributed by atoms with Crippen LogP contribution in [0.4, 0.5) is 0 Å². The minimum Gasteiger partial charge on any atom is -0.497 e. The molecule has 144 valence electrons. The Balaban J connectivity index is 1.49. The summed E-state index contributed by atoms with van der Waals surface area (Å²) in [6.45, 7) is 3.93. The molecule has 0 bridgehead atoms. The summed E-state index contributed by atoms with van der Waals surface area (Å²) in [7, 11) is 1.66. The maximum Gasteiger partial charge on any atom is 0.241 e. The van der Waals surface area contributed by atoms with E-state index >= 15 is 0 Å². The van der Waals surface area contributed by atoms with E-state index < -0.39 is 0 Å². The number of nitrogens with zero attached hydrogens (tertiary/aromatic N) is 3. The van der Waals surface area contributed by atoms with Crippen molar-refractivity contribution in [3.8, 4) is 17.4 Å². The number of likely N-dealkylation sites (tertiary alicyclic amines) is 1. The molecular formula is C21H27N3O3. The summed E-state index contributed by atoms with van der Waals surface area (Å²) in [5.41, 5.74) is 0.963. The van der Waals surface area contributed by atoms with E-state index in [1.807, 2.05) is 24.3 Å². The predicted molar refractivity (Wildman–Crippen MR) is 102 cm³/mol. The van der Waals surface area contributed by atoms with Gasteiger partial charge in [0.15, 0.2) is 0 Å². The van der Waals surface area contributed by atoms with Crippen molar-refractivity contribution >= 4 is 0 Å². The van der Waals surface area contributed by atoms with E-state index in [9.17, 15) is 0 Å². The van der Waals surface area contributed by atoms with E-state index in [4.69, 9.17) is 14.2 Å². The number of aromatic nitrogens is 2. The zero-order valence-corrected chi connectivity index (χ0v) is 15.8. The molecule has 0 N–H and O–H groups in total. The van der Waals surface area contributed by atoms with Gasteiger partial charge in [0.2, 0.25) is 5.88 Å². The second-order valence-corrected chi connectivity index (χ2v) is 7.20. The summed E-state index contributed by atoms with van der Waals surface area (Å²) in [6, 6.07) is 8.20. The predicted octanol–water partition coefficient (Wildman–Crippen LogP) is 3.64. The van der Waals surface area contributed by atoms with Crippen molar-refractivity contribution in [1.82, 2.24) is 14.9 Å². The number of hydrogen-bond donors (Lipinski definition) is 0. The molecule has 0 saturated carbocycles. The number of piperidine rings is 1. The molecule has 3 heterocycles. The average molecular weight is 369 g/mol. The Kier molecular flexibility index (Phi) is 5.84. The molecule has 2 fully saturated rings. The van der Waals surface area contributed by atoms with Crippen LogP contribution >= 0.6 is 0 Å². The van der Waals surface area contributed by atoms with Crippen LogP contribution in [0, 0.1) is 0 Å². The maximum atomic E-state index is 6.08. The lowest BCUT2D eigenvalue weighted by molar-refractivity contribution is 0.0236. The summed E-state index contributed by atoms with van der Waals surface area (Å²) >= 11 is 0. The van der Waals surface area contributed by atoms with E-state index in [0.29, 0.717) is 17.8 Å². The molecule has 0 amide bonds. The van der Waals surface area contributed by atoms with E-state index in [-0.39, 0.29) is 0 Å². The Hall–Kier alpha value is -2.18. The second kappa shape index (κ2) is 8.67. The topological polar surface area (TPSA) is 56.7 Å². The third-order valence-electron chi connectivity index (χ3n) is 5.51. The normalized spacial score (nSPS) is 21.7. The van der Waals surface area contributed by atoms with E-state index in [1.165, 1.54) is 6.42 Å². The van der Waals surface area contributed by atoms with Crippen LogP contribution in [0.15, 0.2) is 36.7 Å². The van der Waals surface area contributed by atoms with Crippen LogP contribution in [0.25, 0.3) is 0 Å². The van der Waals surface area contributed by atoms with Crippen molar-refractivity contribution in [2.45, 2.75) is 37.6 Å². The molecule has 0 spiro atoms. The SMILES string of the molecule is COc1ccc(Oc2nccnc2[C@@H]2CCCN(C3CCOCC3)C2)cc1. The van der Waals surface area contributed by atoms with Gasteiger partial charge in [0.25, 0.3) is 0 Å². The Labute approximate surface area is 160 Å². The highest BCUT2D eigenvalue weighted by atomic mass is 16.5.